The van der Waals surface area contributed by atoms with Crippen molar-refractivity contribution in [1.29, 1.82) is 0 Å². The summed E-state index contributed by atoms with van der Waals surface area (Å²) < 4.78 is 34.5. The van der Waals surface area contributed by atoms with Crippen LogP contribution in [0.2, 0.25) is 0 Å². The summed E-state index contributed by atoms with van der Waals surface area (Å²) in [6.07, 6.45) is 5.05. The van der Waals surface area contributed by atoms with Gasteiger partial charge in [0.25, 0.3) is 10.2 Å². The third kappa shape index (κ3) is 3.60. The fourth-order valence-electron chi connectivity index (χ4n) is 3.97. The molecular weight excluding hydrogens is 326 g/mol. The zero-order chi connectivity index (χ0) is 14.9. The molecule has 0 saturated carbocycles. The Morgan fingerprint density at radius 1 is 1.14 bits per heavy atom. The Labute approximate surface area is 140 Å². The molecule has 8 heteroatoms. The Balaban J connectivity index is 0.00000176. The van der Waals surface area contributed by atoms with Crippen molar-refractivity contribution < 1.29 is 13.2 Å². The topological polar surface area (TPSA) is 61.9 Å². The van der Waals surface area contributed by atoms with Crippen LogP contribution < -0.4 is 5.32 Å². The van der Waals surface area contributed by atoms with Crippen LogP contribution in [0.5, 0.6) is 0 Å². The van der Waals surface area contributed by atoms with E-state index in [0.29, 0.717) is 26.2 Å². The van der Waals surface area contributed by atoms with Gasteiger partial charge in [-0.15, -0.1) is 12.4 Å². The Kier molecular flexibility index (Phi) is 6.13. The average molecular weight is 354 g/mol. The molecule has 6 nitrogen and oxygen atoms in total. The largest absolute Gasteiger partial charge is 0.381 e. The van der Waals surface area contributed by atoms with Crippen molar-refractivity contribution in [2.75, 3.05) is 46.4 Å². The first-order chi connectivity index (χ1) is 10.1. The molecule has 1 N–H and O–H groups in total. The summed E-state index contributed by atoms with van der Waals surface area (Å²) >= 11 is 0. The Morgan fingerprint density at radius 3 is 2.45 bits per heavy atom. The summed E-state index contributed by atoms with van der Waals surface area (Å²) in [6, 6.07) is 0. The molecule has 1 atom stereocenters. The Bertz CT molecular complexity index is 460. The van der Waals surface area contributed by atoms with Crippen molar-refractivity contribution in [2.24, 2.45) is 5.41 Å². The predicted octanol–water partition coefficient (Wildman–Crippen LogP) is 0.839. The van der Waals surface area contributed by atoms with Gasteiger partial charge >= 0.3 is 0 Å². The van der Waals surface area contributed by atoms with E-state index in [0.717, 1.165) is 45.2 Å². The number of nitrogens with zero attached hydrogens (tertiary/aromatic N) is 2. The number of halogens is 1. The second-order valence-corrected chi connectivity index (χ2v) is 8.63. The number of hydrogen-bond acceptors (Lipinski definition) is 4. The quantitative estimate of drug-likeness (QED) is 0.816. The van der Waals surface area contributed by atoms with E-state index >= 15 is 0 Å². The van der Waals surface area contributed by atoms with Gasteiger partial charge in [-0.05, 0) is 44.1 Å². The highest BCUT2D eigenvalue weighted by atomic mass is 35.5. The maximum Gasteiger partial charge on any atom is 0.281 e. The van der Waals surface area contributed by atoms with Gasteiger partial charge in [-0.3, -0.25) is 0 Å². The molecule has 3 rings (SSSR count). The third-order valence-corrected chi connectivity index (χ3v) is 7.33. The standard InChI is InChI=1S/C14H27N3O3S.ClH/c1-20-13-3-9-16(10-4-13)21(18,19)17-8-2-5-14(12-17)6-7-15-11-14;/h13,15H,2-12H2,1H3;1H. The molecule has 130 valence electrons. The number of methoxy groups -OCH3 is 1. The van der Waals surface area contributed by atoms with Crippen LogP contribution in [0.1, 0.15) is 32.1 Å². The van der Waals surface area contributed by atoms with E-state index in [1.165, 1.54) is 0 Å². The molecule has 0 aliphatic carbocycles. The summed E-state index contributed by atoms with van der Waals surface area (Å²) in [5.74, 6) is 0. The molecule has 3 fully saturated rings. The van der Waals surface area contributed by atoms with Crippen LogP contribution in [0.15, 0.2) is 0 Å². The number of piperidine rings is 2. The highest BCUT2D eigenvalue weighted by Gasteiger charge is 2.43. The maximum atomic E-state index is 12.9. The molecule has 1 spiro atoms. The minimum Gasteiger partial charge on any atom is -0.381 e. The number of ether oxygens (including phenoxy) is 1. The zero-order valence-electron chi connectivity index (χ0n) is 13.3. The van der Waals surface area contributed by atoms with Crippen LogP contribution in [0, 0.1) is 5.41 Å². The minimum atomic E-state index is -3.30. The smallest absolute Gasteiger partial charge is 0.281 e. The predicted molar refractivity (Wildman–Crippen MR) is 88.5 cm³/mol. The SMILES string of the molecule is COC1CCN(S(=O)(=O)N2CCCC3(CCNC3)C2)CC1.Cl. The molecule has 3 saturated heterocycles. The van der Waals surface area contributed by atoms with Gasteiger partial charge in [0, 0.05) is 39.8 Å². The molecule has 0 aromatic carbocycles. The van der Waals surface area contributed by atoms with Crippen molar-refractivity contribution in [2.45, 2.75) is 38.2 Å². The summed E-state index contributed by atoms with van der Waals surface area (Å²) in [7, 11) is -1.59. The molecule has 0 aromatic rings. The second-order valence-electron chi connectivity index (χ2n) is 6.71. The number of rotatable bonds is 3. The van der Waals surface area contributed by atoms with Gasteiger partial charge in [0.2, 0.25) is 0 Å². The van der Waals surface area contributed by atoms with E-state index in [4.69, 9.17) is 4.74 Å². The van der Waals surface area contributed by atoms with E-state index in [2.05, 4.69) is 5.32 Å². The van der Waals surface area contributed by atoms with E-state index < -0.39 is 10.2 Å². The molecule has 0 amide bonds. The first-order valence-corrected chi connectivity index (χ1v) is 9.44. The van der Waals surface area contributed by atoms with Crippen molar-refractivity contribution in [3.63, 3.8) is 0 Å². The summed E-state index contributed by atoms with van der Waals surface area (Å²) in [5.41, 5.74) is 0.177. The molecule has 0 bridgehead atoms. The van der Waals surface area contributed by atoms with Crippen molar-refractivity contribution in [3.05, 3.63) is 0 Å². The minimum absolute atomic E-state index is 0. The normalized spacial score (nSPS) is 32.2. The first-order valence-electron chi connectivity index (χ1n) is 8.05. The van der Waals surface area contributed by atoms with E-state index in [1.807, 2.05) is 0 Å². The summed E-state index contributed by atoms with van der Waals surface area (Å²) in [4.78, 5) is 0. The lowest BCUT2D eigenvalue weighted by Gasteiger charge is -2.42. The lowest BCUT2D eigenvalue weighted by molar-refractivity contribution is 0.0578. The van der Waals surface area contributed by atoms with E-state index in [9.17, 15) is 8.42 Å². The molecular formula is C14H28ClN3O3S. The van der Waals surface area contributed by atoms with Crippen molar-refractivity contribution in [3.8, 4) is 0 Å². The van der Waals surface area contributed by atoms with Gasteiger partial charge in [-0.2, -0.15) is 17.0 Å². The van der Waals surface area contributed by atoms with Crippen LogP contribution in [0.3, 0.4) is 0 Å². The van der Waals surface area contributed by atoms with Crippen molar-refractivity contribution >= 4 is 22.6 Å². The average Bonchev–Trinajstić information content (AvgIpc) is 2.95. The van der Waals surface area contributed by atoms with Gasteiger partial charge in [0.15, 0.2) is 0 Å². The first kappa shape index (κ1) is 18.4. The highest BCUT2D eigenvalue weighted by molar-refractivity contribution is 7.86. The Morgan fingerprint density at radius 2 is 1.86 bits per heavy atom. The van der Waals surface area contributed by atoms with Crippen LogP contribution in [0.4, 0.5) is 0 Å². The lowest BCUT2D eigenvalue weighted by Crippen LogP contribution is -2.53. The number of nitrogens with one attached hydrogen (secondary N) is 1. The molecule has 0 radical (unpaired) electrons. The maximum absolute atomic E-state index is 12.9. The van der Waals surface area contributed by atoms with Gasteiger partial charge < -0.3 is 10.1 Å². The third-order valence-electron chi connectivity index (χ3n) is 5.35. The van der Waals surface area contributed by atoms with Gasteiger partial charge in [-0.1, -0.05) is 0 Å². The van der Waals surface area contributed by atoms with Crippen LogP contribution in [0.25, 0.3) is 0 Å². The second kappa shape index (κ2) is 7.32. The van der Waals surface area contributed by atoms with Crippen LogP contribution in [-0.4, -0.2) is 69.5 Å². The fraction of sp³-hybridized carbons (Fsp3) is 1.00. The van der Waals surface area contributed by atoms with Gasteiger partial charge in [0.05, 0.1) is 6.10 Å². The molecule has 0 aromatic heterocycles. The molecule has 3 heterocycles. The number of hydrogen-bond donors (Lipinski definition) is 1. The van der Waals surface area contributed by atoms with E-state index in [1.54, 1.807) is 15.7 Å². The molecule has 3 aliphatic heterocycles. The van der Waals surface area contributed by atoms with Gasteiger partial charge in [0.1, 0.15) is 0 Å². The molecule has 22 heavy (non-hydrogen) atoms. The lowest BCUT2D eigenvalue weighted by atomic mass is 9.80. The van der Waals surface area contributed by atoms with E-state index in [-0.39, 0.29) is 23.9 Å². The molecule has 3 aliphatic rings. The highest BCUT2D eigenvalue weighted by Crippen LogP contribution is 2.37. The fourth-order valence-corrected chi connectivity index (χ4v) is 5.76. The van der Waals surface area contributed by atoms with Crippen LogP contribution >= 0.6 is 12.4 Å². The van der Waals surface area contributed by atoms with Crippen LogP contribution in [-0.2, 0) is 14.9 Å². The summed E-state index contributed by atoms with van der Waals surface area (Å²) in [6.45, 7) is 4.52. The summed E-state index contributed by atoms with van der Waals surface area (Å²) in [5, 5.41) is 3.40. The monoisotopic (exact) mass is 353 g/mol. The van der Waals surface area contributed by atoms with Gasteiger partial charge in [-0.25, -0.2) is 0 Å². The Hall–Kier alpha value is 0.0800. The van der Waals surface area contributed by atoms with Crippen molar-refractivity contribution in [1.82, 2.24) is 13.9 Å². The zero-order valence-corrected chi connectivity index (χ0v) is 14.9. The molecule has 1 unspecified atom stereocenters.